The average Bonchev–Trinajstić information content (AvgIpc) is 3.73. The number of aromatic nitrogens is 1. The van der Waals surface area contributed by atoms with Crippen LogP contribution >= 0.6 is 0 Å². The highest BCUT2D eigenvalue weighted by atomic mass is 16.5. The van der Waals surface area contributed by atoms with E-state index in [0.717, 1.165) is 93.9 Å². The van der Waals surface area contributed by atoms with Crippen LogP contribution in [0.15, 0.2) is 70.1 Å². The van der Waals surface area contributed by atoms with Crippen molar-refractivity contribution in [2.45, 2.75) is 31.7 Å². The van der Waals surface area contributed by atoms with Crippen LogP contribution in [-0.4, -0.2) is 104 Å². The van der Waals surface area contributed by atoms with Crippen molar-refractivity contribution >= 4 is 28.9 Å². The van der Waals surface area contributed by atoms with E-state index in [9.17, 15) is 4.79 Å². The van der Waals surface area contributed by atoms with Crippen LogP contribution < -0.4 is 14.2 Å². The molecule has 0 bridgehead atoms. The summed E-state index contributed by atoms with van der Waals surface area (Å²) in [5.41, 5.74) is 3.80. The molecular weight excluding hydrogens is 582 g/mol. The summed E-state index contributed by atoms with van der Waals surface area (Å²) in [6.07, 6.45) is 5.76. The molecule has 1 amide bonds. The van der Waals surface area contributed by atoms with Gasteiger partial charge >= 0.3 is 0 Å². The molecule has 4 aromatic rings. The summed E-state index contributed by atoms with van der Waals surface area (Å²) in [5, 5.41) is 0. The topological polar surface area (TPSA) is 92.9 Å². The van der Waals surface area contributed by atoms with Gasteiger partial charge in [-0.1, -0.05) is 18.2 Å². The smallest absolute Gasteiger partial charge is 0.256 e. The maximum absolute atomic E-state index is 13.1. The Labute approximate surface area is 269 Å². The number of methoxy groups -OCH3 is 1. The Morgan fingerprint density at radius 3 is 2.43 bits per heavy atom. The molecule has 7 rings (SSSR count). The minimum absolute atomic E-state index is 0.0224. The number of para-hydroxylation sites is 2. The molecular formula is C36H41N5O5. The molecule has 1 atom stereocenters. The standard InChI is InChI=1S/C36H41N5O5/c1-43-33-23-29-31(37-25-27-9-5-15-41(27)36(29)42)24-34(33)45-21-7-14-40-18-16-39(17-19-40)13-6-20-44-28-10-4-8-26(22-28)35-38-30-11-2-3-12-32(30)46-35/h2-4,8,10-12,22-25,27H,5-7,9,13-21H2,1H3/t27-/m0/s1. The molecule has 0 unspecified atom stereocenters. The molecule has 0 spiro atoms. The third-order valence-corrected chi connectivity index (χ3v) is 9.06. The van der Waals surface area contributed by atoms with E-state index in [4.69, 9.17) is 18.6 Å². The van der Waals surface area contributed by atoms with Crippen molar-refractivity contribution in [1.29, 1.82) is 0 Å². The van der Waals surface area contributed by atoms with Gasteiger partial charge in [0.05, 0.1) is 37.6 Å². The highest BCUT2D eigenvalue weighted by Crippen LogP contribution is 2.38. The number of rotatable bonds is 12. The molecule has 10 nitrogen and oxygen atoms in total. The number of aliphatic imine (C=N–C) groups is 1. The third kappa shape index (κ3) is 6.73. The number of hydrogen-bond acceptors (Lipinski definition) is 9. The fraction of sp³-hybridized carbons (Fsp3) is 0.417. The van der Waals surface area contributed by atoms with E-state index in [2.05, 4.69) is 19.8 Å². The maximum Gasteiger partial charge on any atom is 0.256 e. The quantitative estimate of drug-likeness (QED) is 0.186. The Balaban J connectivity index is 0.814. The lowest BCUT2D eigenvalue weighted by Crippen LogP contribution is -2.47. The van der Waals surface area contributed by atoms with E-state index in [1.807, 2.05) is 65.7 Å². The number of piperazine rings is 1. The molecule has 0 radical (unpaired) electrons. The zero-order valence-electron chi connectivity index (χ0n) is 26.4. The molecule has 240 valence electrons. The summed E-state index contributed by atoms with van der Waals surface area (Å²) in [6, 6.07) is 19.5. The molecule has 3 aromatic carbocycles. The predicted octanol–water partition coefficient (Wildman–Crippen LogP) is 5.68. The molecule has 0 N–H and O–H groups in total. The summed E-state index contributed by atoms with van der Waals surface area (Å²) < 4.78 is 23.7. The molecule has 46 heavy (non-hydrogen) atoms. The highest BCUT2D eigenvalue weighted by molar-refractivity contribution is 6.03. The van der Waals surface area contributed by atoms with E-state index < -0.39 is 0 Å². The fourth-order valence-electron chi connectivity index (χ4n) is 6.52. The van der Waals surface area contributed by atoms with Crippen LogP contribution in [0.5, 0.6) is 17.2 Å². The fourth-order valence-corrected chi connectivity index (χ4v) is 6.52. The number of oxazole rings is 1. The van der Waals surface area contributed by atoms with Gasteiger partial charge in [-0.25, -0.2) is 4.98 Å². The largest absolute Gasteiger partial charge is 0.494 e. The SMILES string of the molecule is COc1cc2c(cc1OCCCN1CCN(CCCOc3cccc(-c4nc5ccccc5o4)c3)CC1)N=C[C@@H]1CCCN1C2=O. The van der Waals surface area contributed by atoms with E-state index in [-0.39, 0.29) is 11.9 Å². The Bertz CT molecular complexity index is 1660. The summed E-state index contributed by atoms with van der Waals surface area (Å²) in [7, 11) is 1.61. The summed E-state index contributed by atoms with van der Waals surface area (Å²) in [5.74, 6) is 2.68. The number of carbonyl (C=O) groups excluding carboxylic acids is 1. The van der Waals surface area contributed by atoms with Crippen LogP contribution in [0, 0.1) is 0 Å². The van der Waals surface area contributed by atoms with Gasteiger partial charge in [-0.2, -0.15) is 0 Å². The van der Waals surface area contributed by atoms with Crippen molar-refractivity contribution in [3.63, 3.8) is 0 Å². The van der Waals surface area contributed by atoms with Gasteiger partial charge in [-0.3, -0.25) is 9.79 Å². The van der Waals surface area contributed by atoms with Gasteiger partial charge in [-0.05, 0) is 62.1 Å². The normalized spacial score (nSPS) is 18.4. The van der Waals surface area contributed by atoms with Gasteiger partial charge in [0.15, 0.2) is 17.1 Å². The first-order valence-electron chi connectivity index (χ1n) is 16.4. The number of fused-ring (bicyclic) bond motifs is 3. The van der Waals surface area contributed by atoms with Crippen molar-refractivity contribution in [2.75, 3.05) is 66.1 Å². The first kappa shape index (κ1) is 30.3. The van der Waals surface area contributed by atoms with Gasteiger partial charge in [0.25, 0.3) is 5.91 Å². The molecule has 4 heterocycles. The number of amides is 1. The second-order valence-electron chi connectivity index (χ2n) is 12.1. The van der Waals surface area contributed by atoms with E-state index in [1.54, 1.807) is 13.2 Å². The van der Waals surface area contributed by atoms with Crippen LogP contribution in [0.2, 0.25) is 0 Å². The molecule has 0 aliphatic carbocycles. The van der Waals surface area contributed by atoms with E-state index in [0.29, 0.717) is 41.9 Å². The van der Waals surface area contributed by atoms with Crippen molar-refractivity contribution < 1.29 is 23.4 Å². The van der Waals surface area contributed by atoms with E-state index >= 15 is 0 Å². The van der Waals surface area contributed by atoms with Crippen LogP contribution in [0.3, 0.4) is 0 Å². The Morgan fingerprint density at radius 2 is 1.65 bits per heavy atom. The highest BCUT2D eigenvalue weighted by Gasteiger charge is 2.32. The zero-order valence-corrected chi connectivity index (χ0v) is 26.4. The minimum Gasteiger partial charge on any atom is -0.494 e. The molecule has 0 saturated carbocycles. The predicted molar refractivity (Wildman–Crippen MR) is 178 cm³/mol. The lowest BCUT2D eigenvalue weighted by atomic mass is 10.1. The Hall–Kier alpha value is -4.41. The first-order chi connectivity index (χ1) is 22.6. The number of carbonyl (C=O) groups is 1. The Kier molecular flexibility index (Phi) is 9.16. The third-order valence-electron chi connectivity index (χ3n) is 9.06. The van der Waals surface area contributed by atoms with Gasteiger partial charge in [0.2, 0.25) is 5.89 Å². The maximum atomic E-state index is 13.1. The minimum atomic E-state index is 0.0224. The van der Waals surface area contributed by atoms with Crippen molar-refractivity contribution in [2.24, 2.45) is 4.99 Å². The number of hydrogen-bond donors (Lipinski definition) is 0. The Morgan fingerprint density at radius 1 is 0.870 bits per heavy atom. The van der Waals surface area contributed by atoms with Gasteiger partial charge in [0, 0.05) is 63.7 Å². The number of benzene rings is 3. The molecule has 2 fully saturated rings. The number of nitrogens with zero attached hydrogens (tertiary/aromatic N) is 5. The van der Waals surface area contributed by atoms with Crippen molar-refractivity contribution in [1.82, 2.24) is 19.7 Å². The van der Waals surface area contributed by atoms with Gasteiger partial charge in [-0.15, -0.1) is 0 Å². The molecule has 3 aliphatic rings. The number of ether oxygens (including phenoxy) is 3. The zero-order chi connectivity index (χ0) is 31.3. The lowest BCUT2D eigenvalue weighted by molar-refractivity contribution is 0.0774. The summed E-state index contributed by atoms with van der Waals surface area (Å²) in [4.78, 5) is 29.3. The monoisotopic (exact) mass is 623 g/mol. The van der Waals surface area contributed by atoms with Gasteiger partial charge in [0.1, 0.15) is 11.3 Å². The molecule has 10 heteroatoms. The van der Waals surface area contributed by atoms with E-state index in [1.165, 1.54) is 0 Å². The molecule has 2 saturated heterocycles. The lowest BCUT2D eigenvalue weighted by Gasteiger charge is -2.34. The average molecular weight is 624 g/mol. The van der Waals surface area contributed by atoms with Crippen LogP contribution in [0.25, 0.3) is 22.6 Å². The summed E-state index contributed by atoms with van der Waals surface area (Å²) >= 11 is 0. The van der Waals surface area contributed by atoms with Crippen molar-refractivity contribution in [3.8, 4) is 28.7 Å². The molecule has 1 aromatic heterocycles. The van der Waals surface area contributed by atoms with Gasteiger partial charge < -0.3 is 33.3 Å². The first-order valence-corrected chi connectivity index (χ1v) is 16.4. The van der Waals surface area contributed by atoms with Crippen LogP contribution in [0.1, 0.15) is 36.0 Å². The second-order valence-corrected chi connectivity index (χ2v) is 12.1. The van der Waals surface area contributed by atoms with Crippen LogP contribution in [0.4, 0.5) is 5.69 Å². The molecule has 3 aliphatic heterocycles. The van der Waals surface area contributed by atoms with Crippen LogP contribution in [-0.2, 0) is 0 Å². The van der Waals surface area contributed by atoms with Crippen molar-refractivity contribution in [3.05, 3.63) is 66.2 Å². The summed E-state index contributed by atoms with van der Waals surface area (Å²) in [6.45, 7) is 8.21. The second kappa shape index (κ2) is 13.9.